The van der Waals surface area contributed by atoms with Crippen LogP contribution in [0.15, 0.2) is 18.2 Å². The molecule has 2 amide bonds. The smallest absolute Gasteiger partial charge is 0.241 e. The van der Waals surface area contributed by atoms with E-state index in [1.165, 1.54) is 5.56 Å². The summed E-state index contributed by atoms with van der Waals surface area (Å²) in [6.07, 6.45) is 3.99. The molecule has 5 nitrogen and oxygen atoms in total. The molecule has 1 aromatic carbocycles. The SMILES string of the molecule is Cc1ccc(NC(=O)[C@H](C)N2CCC(C(=O)N3CCCC3)CC2)c(C)c1. The zero-order chi connectivity index (χ0) is 18.7. The number of piperidine rings is 1. The van der Waals surface area contributed by atoms with Crippen molar-refractivity contribution in [2.45, 2.75) is 52.5 Å². The number of hydrogen-bond donors (Lipinski definition) is 1. The lowest BCUT2D eigenvalue weighted by Crippen LogP contribution is -2.48. The fraction of sp³-hybridized carbons (Fsp3) is 0.619. The highest BCUT2D eigenvalue weighted by Crippen LogP contribution is 2.24. The maximum Gasteiger partial charge on any atom is 0.241 e. The number of benzene rings is 1. The molecule has 26 heavy (non-hydrogen) atoms. The second kappa shape index (κ2) is 8.21. The number of carbonyl (C=O) groups is 2. The Bertz CT molecular complexity index is 659. The van der Waals surface area contributed by atoms with Gasteiger partial charge in [-0.15, -0.1) is 0 Å². The molecule has 1 atom stereocenters. The molecule has 2 fully saturated rings. The minimum Gasteiger partial charge on any atom is -0.342 e. The average molecular weight is 357 g/mol. The van der Waals surface area contributed by atoms with Crippen molar-refractivity contribution in [3.63, 3.8) is 0 Å². The standard InChI is InChI=1S/C21H31N3O2/c1-15-6-7-19(16(2)14-15)22-20(25)17(3)23-12-8-18(9-13-23)21(26)24-10-4-5-11-24/h6-7,14,17-18H,4-5,8-13H2,1-3H3,(H,22,25)/t17-/m0/s1. The Morgan fingerprint density at radius 2 is 1.73 bits per heavy atom. The molecule has 0 aliphatic carbocycles. The van der Waals surface area contributed by atoms with E-state index in [-0.39, 0.29) is 17.9 Å². The molecule has 5 heteroatoms. The Labute approximate surface area is 156 Å². The number of likely N-dealkylation sites (tertiary alicyclic amines) is 2. The predicted octanol–water partition coefficient (Wildman–Crippen LogP) is 2.96. The second-order valence-corrected chi connectivity index (χ2v) is 7.83. The summed E-state index contributed by atoms with van der Waals surface area (Å²) in [6, 6.07) is 5.88. The molecule has 0 unspecified atom stereocenters. The molecule has 142 valence electrons. The van der Waals surface area contributed by atoms with Gasteiger partial charge in [-0.25, -0.2) is 0 Å². The molecule has 3 rings (SSSR count). The zero-order valence-electron chi connectivity index (χ0n) is 16.3. The van der Waals surface area contributed by atoms with E-state index in [1.54, 1.807) is 0 Å². The highest BCUT2D eigenvalue weighted by molar-refractivity contribution is 5.95. The van der Waals surface area contributed by atoms with Crippen LogP contribution in [0.2, 0.25) is 0 Å². The van der Waals surface area contributed by atoms with Crippen molar-refractivity contribution >= 4 is 17.5 Å². The molecule has 1 N–H and O–H groups in total. The van der Waals surface area contributed by atoms with E-state index in [2.05, 4.69) is 23.2 Å². The zero-order valence-corrected chi connectivity index (χ0v) is 16.3. The minimum atomic E-state index is -0.182. The van der Waals surface area contributed by atoms with Crippen LogP contribution in [0.1, 0.15) is 43.7 Å². The maximum atomic E-state index is 12.6. The molecule has 2 aliphatic rings. The number of nitrogens with one attached hydrogen (secondary N) is 1. The number of nitrogens with zero attached hydrogens (tertiary/aromatic N) is 2. The monoisotopic (exact) mass is 357 g/mol. The van der Waals surface area contributed by atoms with Crippen molar-refractivity contribution in [1.29, 1.82) is 0 Å². The molecule has 0 spiro atoms. The Kier molecular flexibility index (Phi) is 5.97. The first kappa shape index (κ1) is 18.9. The van der Waals surface area contributed by atoms with Gasteiger partial charge < -0.3 is 10.2 Å². The first-order chi connectivity index (χ1) is 12.5. The van der Waals surface area contributed by atoms with E-state index in [1.807, 2.05) is 30.9 Å². The van der Waals surface area contributed by atoms with Crippen LogP contribution < -0.4 is 5.32 Å². The Hall–Kier alpha value is -1.88. The fourth-order valence-electron chi connectivity index (χ4n) is 4.09. The van der Waals surface area contributed by atoms with Gasteiger partial charge in [-0.2, -0.15) is 0 Å². The van der Waals surface area contributed by atoms with Gasteiger partial charge >= 0.3 is 0 Å². The first-order valence-electron chi connectivity index (χ1n) is 9.86. The van der Waals surface area contributed by atoms with Crippen molar-refractivity contribution < 1.29 is 9.59 Å². The van der Waals surface area contributed by atoms with Gasteiger partial charge in [-0.1, -0.05) is 17.7 Å². The molecular formula is C21H31N3O2. The number of rotatable bonds is 4. The molecule has 0 aromatic heterocycles. The summed E-state index contributed by atoms with van der Waals surface area (Å²) < 4.78 is 0. The van der Waals surface area contributed by atoms with Crippen LogP contribution in [0.3, 0.4) is 0 Å². The number of anilines is 1. The van der Waals surface area contributed by atoms with Gasteiger partial charge in [-0.3, -0.25) is 14.5 Å². The van der Waals surface area contributed by atoms with Gasteiger partial charge in [0.25, 0.3) is 0 Å². The van der Waals surface area contributed by atoms with Crippen LogP contribution in [0.25, 0.3) is 0 Å². The van der Waals surface area contributed by atoms with Crippen LogP contribution in [0.4, 0.5) is 5.69 Å². The van der Waals surface area contributed by atoms with Crippen LogP contribution in [-0.4, -0.2) is 53.8 Å². The highest BCUT2D eigenvalue weighted by Gasteiger charge is 2.32. The van der Waals surface area contributed by atoms with Crippen LogP contribution in [0, 0.1) is 19.8 Å². The maximum absolute atomic E-state index is 12.6. The van der Waals surface area contributed by atoms with Gasteiger partial charge in [0.2, 0.25) is 11.8 Å². The predicted molar refractivity (Wildman–Crippen MR) is 104 cm³/mol. The van der Waals surface area contributed by atoms with Crippen LogP contribution in [0.5, 0.6) is 0 Å². The summed E-state index contributed by atoms with van der Waals surface area (Å²) in [4.78, 5) is 29.4. The van der Waals surface area contributed by atoms with Crippen LogP contribution >= 0.6 is 0 Å². The van der Waals surface area contributed by atoms with Crippen molar-refractivity contribution in [3.8, 4) is 0 Å². The lowest BCUT2D eigenvalue weighted by molar-refractivity contribution is -0.136. The summed E-state index contributed by atoms with van der Waals surface area (Å²) in [5, 5.41) is 3.06. The van der Waals surface area contributed by atoms with Gasteiger partial charge in [0.15, 0.2) is 0 Å². The molecule has 2 aliphatic heterocycles. The summed E-state index contributed by atoms with van der Waals surface area (Å²) in [6.45, 7) is 9.50. The topological polar surface area (TPSA) is 52.7 Å². The lowest BCUT2D eigenvalue weighted by atomic mass is 9.94. The third-order valence-corrected chi connectivity index (χ3v) is 5.86. The van der Waals surface area contributed by atoms with Crippen molar-refractivity contribution in [3.05, 3.63) is 29.3 Å². The van der Waals surface area contributed by atoms with Gasteiger partial charge in [0.1, 0.15) is 0 Å². The second-order valence-electron chi connectivity index (χ2n) is 7.83. The van der Waals surface area contributed by atoms with Crippen molar-refractivity contribution in [1.82, 2.24) is 9.80 Å². The molecular weight excluding hydrogens is 326 g/mol. The normalized spacial score (nSPS) is 20.2. The number of aryl methyl sites for hydroxylation is 2. The molecule has 0 saturated carbocycles. The highest BCUT2D eigenvalue weighted by atomic mass is 16.2. The quantitative estimate of drug-likeness (QED) is 0.901. The van der Waals surface area contributed by atoms with Gasteiger partial charge in [0, 0.05) is 24.7 Å². The summed E-state index contributed by atoms with van der Waals surface area (Å²) in [5.74, 6) is 0.495. The summed E-state index contributed by atoms with van der Waals surface area (Å²) >= 11 is 0. The van der Waals surface area contributed by atoms with Crippen LogP contribution in [-0.2, 0) is 9.59 Å². The Morgan fingerprint density at radius 1 is 1.08 bits per heavy atom. The van der Waals surface area contributed by atoms with Gasteiger partial charge in [0.05, 0.1) is 6.04 Å². The lowest BCUT2D eigenvalue weighted by Gasteiger charge is -2.36. The summed E-state index contributed by atoms with van der Waals surface area (Å²) in [5.41, 5.74) is 3.16. The van der Waals surface area contributed by atoms with E-state index in [9.17, 15) is 9.59 Å². The largest absolute Gasteiger partial charge is 0.342 e. The van der Waals surface area contributed by atoms with Crippen molar-refractivity contribution in [2.24, 2.45) is 5.92 Å². The third-order valence-electron chi connectivity index (χ3n) is 5.86. The van der Waals surface area contributed by atoms with E-state index in [0.29, 0.717) is 5.91 Å². The molecule has 0 bridgehead atoms. The minimum absolute atomic E-state index is 0.0290. The number of carbonyl (C=O) groups excluding carboxylic acids is 2. The van der Waals surface area contributed by atoms with E-state index < -0.39 is 0 Å². The number of hydrogen-bond acceptors (Lipinski definition) is 3. The summed E-state index contributed by atoms with van der Waals surface area (Å²) in [7, 11) is 0. The average Bonchev–Trinajstić information content (AvgIpc) is 3.17. The Morgan fingerprint density at radius 3 is 2.35 bits per heavy atom. The molecule has 0 radical (unpaired) electrons. The number of amides is 2. The molecule has 2 heterocycles. The Balaban J connectivity index is 1.51. The third kappa shape index (κ3) is 4.26. The fourth-order valence-corrected chi connectivity index (χ4v) is 4.09. The van der Waals surface area contributed by atoms with Crippen molar-refractivity contribution in [2.75, 3.05) is 31.5 Å². The van der Waals surface area contributed by atoms with Gasteiger partial charge in [-0.05, 0) is 71.2 Å². The molecule has 2 saturated heterocycles. The molecule has 1 aromatic rings. The van der Waals surface area contributed by atoms with E-state index in [4.69, 9.17) is 0 Å². The van der Waals surface area contributed by atoms with E-state index in [0.717, 1.165) is 63.1 Å². The first-order valence-corrected chi connectivity index (χ1v) is 9.86. The van der Waals surface area contributed by atoms with E-state index >= 15 is 0 Å².